The van der Waals surface area contributed by atoms with Crippen LogP contribution in [0.5, 0.6) is 0 Å². The summed E-state index contributed by atoms with van der Waals surface area (Å²) in [7, 11) is -3.54. The van der Waals surface area contributed by atoms with Gasteiger partial charge in [0.2, 0.25) is 10.0 Å². The van der Waals surface area contributed by atoms with Crippen molar-refractivity contribution in [3.8, 4) is 0 Å². The molecule has 0 saturated heterocycles. The third-order valence-corrected chi connectivity index (χ3v) is 6.38. The Morgan fingerprint density at radius 2 is 1.41 bits per heavy atom. The molecule has 3 aromatic carbocycles. The van der Waals surface area contributed by atoms with Crippen LogP contribution >= 0.6 is 0 Å². The lowest BCUT2D eigenvalue weighted by atomic mass is 10.2. The first-order chi connectivity index (χ1) is 13.9. The number of aliphatic hydroxyl groups is 1. The van der Waals surface area contributed by atoms with Crippen molar-refractivity contribution in [3.63, 3.8) is 0 Å². The van der Waals surface area contributed by atoms with E-state index >= 15 is 0 Å². The summed E-state index contributed by atoms with van der Waals surface area (Å²) < 4.78 is 28.3. The van der Waals surface area contributed by atoms with Crippen LogP contribution in [-0.4, -0.2) is 37.0 Å². The van der Waals surface area contributed by atoms with E-state index in [9.17, 15) is 13.5 Å². The summed E-state index contributed by atoms with van der Waals surface area (Å²) in [4.78, 5) is 0. The number of fused-ring (bicyclic) bond motifs is 3. The fraction of sp³-hybridized carbons (Fsp3) is 0.217. The van der Waals surface area contributed by atoms with Gasteiger partial charge in [-0.1, -0.05) is 54.6 Å². The predicted octanol–water partition coefficient (Wildman–Crippen LogP) is 3.93. The molecule has 1 N–H and O–H groups in total. The van der Waals surface area contributed by atoms with Gasteiger partial charge >= 0.3 is 0 Å². The highest BCUT2D eigenvalue weighted by atomic mass is 32.2. The highest BCUT2D eigenvalue weighted by molar-refractivity contribution is 7.92. The Hall–Kier alpha value is -2.83. The normalized spacial score (nSPS) is 13.1. The monoisotopic (exact) mass is 408 g/mol. The van der Waals surface area contributed by atoms with Crippen LogP contribution in [0.25, 0.3) is 21.8 Å². The van der Waals surface area contributed by atoms with Crippen LogP contribution < -0.4 is 4.31 Å². The Morgan fingerprint density at radius 3 is 1.97 bits per heavy atom. The van der Waals surface area contributed by atoms with Gasteiger partial charge in [0.05, 0.1) is 31.1 Å². The molecular weight excluding hydrogens is 384 g/mol. The van der Waals surface area contributed by atoms with Crippen molar-refractivity contribution in [2.75, 3.05) is 17.1 Å². The van der Waals surface area contributed by atoms with E-state index in [0.29, 0.717) is 12.2 Å². The molecule has 0 aliphatic carbocycles. The van der Waals surface area contributed by atoms with E-state index in [1.165, 1.54) is 10.6 Å². The number of rotatable bonds is 6. The lowest BCUT2D eigenvalue weighted by molar-refractivity contribution is 0.166. The first-order valence-corrected chi connectivity index (χ1v) is 11.4. The van der Waals surface area contributed by atoms with Crippen LogP contribution in [0.2, 0.25) is 0 Å². The average Bonchev–Trinajstić information content (AvgIpc) is 3.00. The second-order valence-corrected chi connectivity index (χ2v) is 9.29. The molecule has 0 saturated carbocycles. The highest BCUT2D eigenvalue weighted by Gasteiger charge is 2.23. The molecule has 4 aromatic rings. The topological polar surface area (TPSA) is 62.5 Å². The van der Waals surface area contributed by atoms with Crippen molar-refractivity contribution in [1.29, 1.82) is 0 Å². The summed E-state index contributed by atoms with van der Waals surface area (Å²) >= 11 is 0. The van der Waals surface area contributed by atoms with Gasteiger partial charge in [-0.15, -0.1) is 0 Å². The van der Waals surface area contributed by atoms with Crippen LogP contribution in [-0.2, 0) is 16.6 Å². The molecule has 0 aliphatic heterocycles. The van der Waals surface area contributed by atoms with Gasteiger partial charge in [-0.25, -0.2) is 8.42 Å². The Balaban J connectivity index is 1.70. The van der Waals surface area contributed by atoms with E-state index in [0.717, 1.165) is 27.4 Å². The lowest BCUT2D eigenvalue weighted by Gasteiger charge is -2.27. The first kappa shape index (κ1) is 19.5. The highest BCUT2D eigenvalue weighted by Crippen LogP contribution is 2.29. The fourth-order valence-corrected chi connectivity index (χ4v) is 4.92. The van der Waals surface area contributed by atoms with Crippen molar-refractivity contribution < 1.29 is 13.5 Å². The zero-order valence-corrected chi connectivity index (χ0v) is 17.3. The minimum Gasteiger partial charge on any atom is -0.389 e. The van der Waals surface area contributed by atoms with E-state index in [4.69, 9.17) is 0 Å². The summed E-state index contributed by atoms with van der Waals surface area (Å²) in [6.07, 6.45) is 0.302. The molecule has 6 heteroatoms. The molecular formula is C23H24N2O3S. The van der Waals surface area contributed by atoms with Gasteiger partial charge in [-0.3, -0.25) is 4.31 Å². The van der Waals surface area contributed by atoms with E-state index in [1.54, 1.807) is 12.1 Å². The molecule has 29 heavy (non-hydrogen) atoms. The van der Waals surface area contributed by atoms with Gasteiger partial charge in [0.1, 0.15) is 0 Å². The molecule has 0 aliphatic rings. The Bertz CT molecular complexity index is 1220. The average molecular weight is 409 g/mol. The number of anilines is 1. The van der Waals surface area contributed by atoms with Gasteiger partial charge in [-0.2, -0.15) is 0 Å². The minimum absolute atomic E-state index is 0.00940. The largest absolute Gasteiger partial charge is 0.389 e. The molecule has 5 nitrogen and oxygen atoms in total. The van der Waals surface area contributed by atoms with Gasteiger partial charge in [0.15, 0.2) is 0 Å². The van der Waals surface area contributed by atoms with Crippen molar-refractivity contribution in [2.45, 2.75) is 19.6 Å². The maximum absolute atomic E-state index is 12.5. The van der Waals surface area contributed by atoms with Gasteiger partial charge in [0.25, 0.3) is 0 Å². The minimum atomic E-state index is -3.54. The third-order valence-electron chi connectivity index (χ3n) is 5.23. The molecule has 0 bridgehead atoms. The number of para-hydroxylation sites is 3. The Morgan fingerprint density at radius 1 is 0.897 bits per heavy atom. The third kappa shape index (κ3) is 3.73. The zero-order chi connectivity index (χ0) is 20.6. The van der Waals surface area contributed by atoms with E-state index in [2.05, 4.69) is 16.7 Å². The second-order valence-electron chi connectivity index (χ2n) is 7.38. The second kappa shape index (κ2) is 7.54. The van der Waals surface area contributed by atoms with Crippen LogP contribution in [0, 0.1) is 6.92 Å². The van der Waals surface area contributed by atoms with Crippen LogP contribution in [0.1, 0.15) is 5.56 Å². The quantitative estimate of drug-likeness (QED) is 0.526. The van der Waals surface area contributed by atoms with Crippen molar-refractivity contribution in [2.24, 2.45) is 0 Å². The van der Waals surface area contributed by atoms with Crippen molar-refractivity contribution in [3.05, 3.63) is 78.4 Å². The van der Waals surface area contributed by atoms with Crippen molar-refractivity contribution >= 4 is 37.5 Å². The SMILES string of the molecule is Cc1ccccc1N(CC(O)Cn1c2ccccc2c2ccccc21)S(C)(=O)=O. The number of hydrogen-bond donors (Lipinski definition) is 1. The van der Waals surface area contributed by atoms with Gasteiger partial charge in [0, 0.05) is 21.8 Å². The lowest BCUT2D eigenvalue weighted by Crippen LogP contribution is -2.39. The summed E-state index contributed by atoms with van der Waals surface area (Å²) in [6.45, 7) is 2.16. The summed E-state index contributed by atoms with van der Waals surface area (Å²) in [5, 5.41) is 13.1. The molecule has 0 amide bonds. The van der Waals surface area contributed by atoms with Crippen LogP contribution in [0.3, 0.4) is 0 Å². The fourth-order valence-electron chi connectivity index (χ4n) is 3.92. The Labute approximate surface area is 170 Å². The molecule has 150 valence electrons. The summed E-state index contributed by atoms with van der Waals surface area (Å²) in [6, 6.07) is 23.4. The zero-order valence-electron chi connectivity index (χ0n) is 16.5. The van der Waals surface area contributed by atoms with Gasteiger partial charge < -0.3 is 9.67 Å². The summed E-state index contributed by atoms with van der Waals surface area (Å²) in [5.41, 5.74) is 3.49. The molecule has 4 rings (SSSR count). The van der Waals surface area contributed by atoms with E-state index in [1.807, 2.05) is 55.5 Å². The molecule has 1 aromatic heterocycles. The van der Waals surface area contributed by atoms with E-state index < -0.39 is 16.1 Å². The maximum atomic E-state index is 12.5. The molecule has 0 radical (unpaired) electrons. The Kier molecular flexibility index (Phi) is 5.06. The standard InChI is InChI=1S/C23H24N2O3S/c1-17-9-3-6-12-21(17)25(29(2,27)28)16-18(26)15-24-22-13-7-4-10-19(22)20-11-5-8-14-23(20)24/h3-14,18,26H,15-16H2,1-2H3. The van der Waals surface area contributed by atoms with Crippen molar-refractivity contribution in [1.82, 2.24) is 4.57 Å². The molecule has 0 fully saturated rings. The smallest absolute Gasteiger partial charge is 0.232 e. The first-order valence-electron chi connectivity index (χ1n) is 9.53. The summed E-state index contributed by atoms with van der Waals surface area (Å²) in [5.74, 6) is 0. The molecule has 1 atom stereocenters. The van der Waals surface area contributed by atoms with E-state index in [-0.39, 0.29) is 6.54 Å². The maximum Gasteiger partial charge on any atom is 0.232 e. The number of sulfonamides is 1. The van der Waals surface area contributed by atoms with Crippen LogP contribution in [0.4, 0.5) is 5.69 Å². The molecule has 0 spiro atoms. The number of aliphatic hydroxyl groups excluding tert-OH is 1. The predicted molar refractivity (Wildman–Crippen MR) is 119 cm³/mol. The number of aryl methyl sites for hydroxylation is 1. The van der Waals surface area contributed by atoms with Crippen LogP contribution in [0.15, 0.2) is 72.8 Å². The molecule has 1 unspecified atom stereocenters. The molecule has 1 heterocycles. The number of benzene rings is 3. The number of nitrogens with zero attached hydrogens (tertiary/aromatic N) is 2. The van der Waals surface area contributed by atoms with Gasteiger partial charge in [-0.05, 0) is 30.7 Å². The number of hydrogen-bond acceptors (Lipinski definition) is 3. The number of aromatic nitrogens is 1.